The van der Waals surface area contributed by atoms with Crippen LogP contribution in [0.15, 0.2) is 78.9 Å². The van der Waals surface area contributed by atoms with Gasteiger partial charge in [0.15, 0.2) is 0 Å². The van der Waals surface area contributed by atoms with Gasteiger partial charge < -0.3 is 0 Å². The molecule has 0 aliphatic carbocycles. The van der Waals surface area contributed by atoms with Crippen molar-refractivity contribution in [3.05, 3.63) is 107 Å². The molecular weight excluding hydrogens is 403 g/mol. The van der Waals surface area contributed by atoms with Crippen molar-refractivity contribution in [1.29, 1.82) is 0 Å². The van der Waals surface area contributed by atoms with E-state index in [-0.39, 0.29) is 5.82 Å². The van der Waals surface area contributed by atoms with E-state index in [9.17, 15) is 0 Å². The second kappa shape index (κ2) is 11.0. The molecule has 0 saturated carbocycles. The van der Waals surface area contributed by atoms with Crippen LogP contribution in [0.25, 0.3) is 21.9 Å². The van der Waals surface area contributed by atoms with Crippen molar-refractivity contribution in [2.75, 3.05) is 0 Å². The zero-order valence-corrected chi connectivity index (χ0v) is 19.6. The highest BCUT2D eigenvalue weighted by Crippen LogP contribution is 2.30. The van der Waals surface area contributed by atoms with Crippen molar-refractivity contribution < 1.29 is 4.39 Å². The van der Waals surface area contributed by atoms with Gasteiger partial charge in [-0.15, -0.1) is 0 Å². The lowest BCUT2D eigenvalue weighted by atomic mass is 9.97. The highest BCUT2D eigenvalue weighted by molar-refractivity contribution is 5.89. The van der Waals surface area contributed by atoms with Gasteiger partial charge in [-0.3, -0.25) is 0 Å². The SMILES string of the molecule is CCCCCCCc1ccc(-c2ccc3cc(C#Cc4ccc(C)cc4)ccc3c2F)cc1. The van der Waals surface area contributed by atoms with Gasteiger partial charge in [-0.1, -0.05) is 105 Å². The van der Waals surface area contributed by atoms with E-state index in [1.165, 1.54) is 43.2 Å². The summed E-state index contributed by atoms with van der Waals surface area (Å²) in [5, 5.41) is 1.50. The Morgan fingerprint density at radius 1 is 0.697 bits per heavy atom. The van der Waals surface area contributed by atoms with Crippen LogP contribution in [0.1, 0.15) is 61.3 Å². The molecule has 4 aromatic rings. The Hall–Kier alpha value is -3.37. The van der Waals surface area contributed by atoms with E-state index in [1.807, 2.05) is 54.6 Å². The second-order valence-electron chi connectivity index (χ2n) is 8.84. The third-order valence-corrected chi connectivity index (χ3v) is 6.19. The third kappa shape index (κ3) is 5.91. The lowest BCUT2D eigenvalue weighted by Crippen LogP contribution is -1.90. The zero-order chi connectivity index (χ0) is 23.0. The maximum absolute atomic E-state index is 15.4. The van der Waals surface area contributed by atoms with Crippen LogP contribution in [0, 0.1) is 24.6 Å². The number of aryl methyl sites for hydroxylation is 2. The first-order chi connectivity index (χ1) is 16.1. The Bertz CT molecular complexity index is 1270. The molecule has 0 aliphatic heterocycles. The van der Waals surface area contributed by atoms with E-state index in [4.69, 9.17) is 0 Å². The maximum Gasteiger partial charge on any atom is 0.138 e. The van der Waals surface area contributed by atoms with E-state index in [2.05, 4.69) is 50.0 Å². The van der Waals surface area contributed by atoms with Crippen LogP contribution < -0.4 is 0 Å². The number of unbranched alkanes of at least 4 members (excludes halogenated alkanes) is 4. The molecule has 0 radical (unpaired) electrons. The highest BCUT2D eigenvalue weighted by Gasteiger charge is 2.10. The number of hydrogen-bond donors (Lipinski definition) is 0. The fraction of sp³-hybridized carbons (Fsp3) is 0.250. The van der Waals surface area contributed by atoms with Gasteiger partial charge >= 0.3 is 0 Å². The van der Waals surface area contributed by atoms with Crippen molar-refractivity contribution >= 4 is 10.8 Å². The Kier molecular flexibility index (Phi) is 7.59. The molecule has 4 rings (SSSR count). The van der Waals surface area contributed by atoms with E-state index in [0.717, 1.165) is 28.5 Å². The quantitative estimate of drug-likeness (QED) is 0.201. The summed E-state index contributed by atoms with van der Waals surface area (Å²) in [6.07, 6.45) is 7.51. The first-order valence-corrected chi connectivity index (χ1v) is 12.0. The van der Waals surface area contributed by atoms with Gasteiger partial charge in [-0.2, -0.15) is 0 Å². The van der Waals surface area contributed by atoms with Crippen molar-refractivity contribution in [2.45, 2.75) is 52.4 Å². The van der Waals surface area contributed by atoms with Gasteiger partial charge in [0.05, 0.1) is 0 Å². The smallest absolute Gasteiger partial charge is 0.138 e. The second-order valence-corrected chi connectivity index (χ2v) is 8.84. The van der Waals surface area contributed by atoms with Crippen LogP contribution >= 0.6 is 0 Å². The first-order valence-electron chi connectivity index (χ1n) is 12.0. The van der Waals surface area contributed by atoms with Gasteiger partial charge in [-0.05, 0) is 60.5 Å². The fourth-order valence-corrected chi connectivity index (χ4v) is 4.16. The van der Waals surface area contributed by atoms with Gasteiger partial charge in [0.1, 0.15) is 5.82 Å². The number of halogens is 1. The van der Waals surface area contributed by atoms with Crippen LogP contribution in [0.3, 0.4) is 0 Å². The summed E-state index contributed by atoms with van der Waals surface area (Å²) in [6.45, 7) is 4.30. The van der Waals surface area contributed by atoms with Gasteiger partial charge in [0, 0.05) is 22.1 Å². The molecule has 0 fully saturated rings. The van der Waals surface area contributed by atoms with Crippen molar-refractivity contribution in [3.63, 3.8) is 0 Å². The summed E-state index contributed by atoms with van der Waals surface area (Å²) in [7, 11) is 0. The summed E-state index contributed by atoms with van der Waals surface area (Å²) in [4.78, 5) is 0. The Morgan fingerprint density at radius 3 is 2.15 bits per heavy atom. The molecule has 0 spiro atoms. The van der Waals surface area contributed by atoms with Crippen LogP contribution in [0.4, 0.5) is 4.39 Å². The van der Waals surface area contributed by atoms with Gasteiger partial charge in [-0.25, -0.2) is 4.39 Å². The van der Waals surface area contributed by atoms with E-state index < -0.39 is 0 Å². The number of hydrogen-bond acceptors (Lipinski definition) is 0. The van der Waals surface area contributed by atoms with E-state index >= 15 is 4.39 Å². The first kappa shape index (κ1) is 22.8. The summed E-state index contributed by atoms with van der Waals surface area (Å²) in [5.41, 5.74) is 5.98. The fourth-order valence-electron chi connectivity index (χ4n) is 4.16. The molecule has 0 saturated heterocycles. The topological polar surface area (TPSA) is 0 Å². The lowest BCUT2D eigenvalue weighted by Gasteiger charge is -2.09. The average Bonchev–Trinajstić information content (AvgIpc) is 2.84. The maximum atomic E-state index is 15.4. The Balaban J connectivity index is 1.50. The summed E-state index contributed by atoms with van der Waals surface area (Å²) in [6, 6.07) is 26.1. The molecule has 0 aromatic heterocycles. The molecule has 0 bridgehead atoms. The largest absolute Gasteiger partial charge is 0.206 e. The molecule has 0 N–H and O–H groups in total. The van der Waals surface area contributed by atoms with Gasteiger partial charge in [0.25, 0.3) is 0 Å². The normalized spacial score (nSPS) is 10.8. The predicted molar refractivity (Wildman–Crippen MR) is 139 cm³/mol. The summed E-state index contributed by atoms with van der Waals surface area (Å²) >= 11 is 0. The third-order valence-electron chi connectivity index (χ3n) is 6.19. The van der Waals surface area contributed by atoms with Crippen LogP contribution in [0.5, 0.6) is 0 Å². The molecule has 0 amide bonds. The number of rotatable bonds is 7. The van der Waals surface area contributed by atoms with Gasteiger partial charge in [0.2, 0.25) is 0 Å². The Morgan fingerprint density at radius 2 is 1.39 bits per heavy atom. The molecule has 0 heterocycles. The minimum atomic E-state index is -0.169. The van der Waals surface area contributed by atoms with Crippen molar-refractivity contribution in [3.8, 4) is 23.0 Å². The molecule has 0 aliphatic rings. The molecule has 4 aromatic carbocycles. The average molecular weight is 435 g/mol. The van der Waals surface area contributed by atoms with Crippen LogP contribution in [-0.4, -0.2) is 0 Å². The summed E-state index contributed by atoms with van der Waals surface area (Å²) in [5.74, 6) is 6.22. The number of fused-ring (bicyclic) bond motifs is 1. The monoisotopic (exact) mass is 434 g/mol. The highest BCUT2D eigenvalue weighted by atomic mass is 19.1. The molecule has 0 nitrogen and oxygen atoms in total. The molecular formula is C32H31F. The number of benzene rings is 4. The predicted octanol–water partition coefficient (Wildman–Crippen LogP) is 8.87. The molecule has 33 heavy (non-hydrogen) atoms. The molecule has 166 valence electrons. The molecule has 0 atom stereocenters. The minimum Gasteiger partial charge on any atom is -0.206 e. The molecule has 0 unspecified atom stereocenters. The van der Waals surface area contributed by atoms with E-state index in [1.54, 1.807) is 0 Å². The zero-order valence-electron chi connectivity index (χ0n) is 19.6. The Labute approximate surface area is 197 Å². The van der Waals surface area contributed by atoms with E-state index in [0.29, 0.717) is 10.9 Å². The lowest BCUT2D eigenvalue weighted by molar-refractivity contribution is 0.632. The standard InChI is InChI=1S/C32H31F/c1-3-4-5-6-7-8-25-15-18-28(19-16-25)30-22-20-29-23-27(17-21-31(29)32(30)33)14-13-26-11-9-24(2)10-12-26/h9-12,15-23H,3-8H2,1-2H3. The van der Waals surface area contributed by atoms with Crippen LogP contribution in [0.2, 0.25) is 0 Å². The summed E-state index contributed by atoms with van der Waals surface area (Å²) < 4.78 is 15.4. The van der Waals surface area contributed by atoms with Crippen LogP contribution in [-0.2, 0) is 6.42 Å². The molecule has 1 heteroatoms. The van der Waals surface area contributed by atoms with Crippen molar-refractivity contribution in [2.24, 2.45) is 0 Å². The minimum absolute atomic E-state index is 0.169. The van der Waals surface area contributed by atoms with Crippen molar-refractivity contribution in [1.82, 2.24) is 0 Å².